The number of hydrogen-bond donors (Lipinski definition) is 0. The molecule has 0 aromatic heterocycles. The molecule has 1 aliphatic rings. The van der Waals surface area contributed by atoms with Crippen molar-refractivity contribution in [2.45, 2.75) is 12.8 Å². The minimum Gasteiger partial charge on any atom is -0.378 e. The summed E-state index contributed by atoms with van der Waals surface area (Å²) in [6.07, 6.45) is 3.48. The van der Waals surface area contributed by atoms with E-state index in [2.05, 4.69) is 35.2 Å². The van der Waals surface area contributed by atoms with Crippen LogP contribution in [0.2, 0.25) is 0 Å². The number of ketones is 1. The Hall–Kier alpha value is -2.35. The first-order valence-electron chi connectivity index (χ1n) is 7.26. The molecular formula is C19H19NO. The third kappa shape index (κ3) is 2.75. The van der Waals surface area contributed by atoms with Gasteiger partial charge in [0.05, 0.1) is 0 Å². The summed E-state index contributed by atoms with van der Waals surface area (Å²) in [4.78, 5) is 14.3. The largest absolute Gasteiger partial charge is 0.378 e. The molecule has 0 atom stereocenters. The molecule has 2 heteroatoms. The molecule has 2 aromatic rings. The monoisotopic (exact) mass is 277 g/mol. The molecule has 106 valence electrons. The molecule has 0 aliphatic heterocycles. The molecule has 0 unspecified atom stereocenters. The van der Waals surface area contributed by atoms with Crippen molar-refractivity contribution < 1.29 is 4.79 Å². The smallest absolute Gasteiger partial charge is 0.163 e. The van der Waals surface area contributed by atoms with E-state index in [1.165, 1.54) is 5.56 Å². The Balaban J connectivity index is 2.00. The Morgan fingerprint density at radius 2 is 1.67 bits per heavy atom. The predicted octanol–water partition coefficient (Wildman–Crippen LogP) is 3.81. The topological polar surface area (TPSA) is 20.3 Å². The Morgan fingerprint density at radius 3 is 2.38 bits per heavy atom. The zero-order chi connectivity index (χ0) is 14.8. The third-order valence-corrected chi connectivity index (χ3v) is 3.95. The van der Waals surface area contributed by atoms with Gasteiger partial charge < -0.3 is 4.90 Å². The van der Waals surface area contributed by atoms with Crippen LogP contribution in [0.5, 0.6) is 0 Å². The Kier molecular flexibility index (Phi) is 3.61. The van der Waals surface area contributed by atoms with Gasteiger partial charge in [0, 0.05) is 31.8 Å². The van der Waals surface area contributed by atoms with Crippen LogP contribution in [0.15, 0.2) is 48.5 Å². The van der Waals surface area contributed by atoms with Crippen LogP contribution in [0.4, 0.5) is 5.69 Å². The number of nitrogens with zero attached hydrogens (tertiary/aromatic N) is 1. The minimum absolute atomic E-state index is 0.241. The number of Topliss-reactive ketones (excluding diaryl/α,β-unsaturated/α-hetero) is 1. The molecule has 0 fully saturated rings. The number of allylic oxidation sites excluding steroid dienone is 1. The number of benzene rings is 2. The lowest BCUT2D eigenvalue weighted by Gasteiger charge is -2.18. The average molecular weight is 277 g/mol. The summed E-state index contributed by atoms with van der Waals surface area (Å²) in [5.41, 5.74) is 5.43. The fraction of sp³-hybridized carbons (Fsp3) is 0.211. The van der Waals surface area contributed by atoms with Crippen molar-refractivity contribution in [2.24, 2.45) is 0 Å². The first-order valence-corrected chi connectivity index (χ1v) is 7.26. The molecule has 0 amide bonds. The molecule has 0 N–H and O–H groups in total. The summed E-state index contributed by atoms with van der Waals surface area (Å²) in [5.74, 6) is 0.241. The fourth-order valence-corrected chi connectivity index (χ4v) is 2.73. The van der Waals surface area contributed by atoms with E-state index in [4.69, 9.17) is 0 Å². The average Bonchev–Trinajstić information content (AvgIpc) is 2.51. The quantitative estimate of drug-likeness (QED) is 0.778. The first-order chi connectivity index (χ1) is 10.1. The Labute approximate surface area is 125 Å². The van der Waals surface area contributed by atoms with E-state index in [9.17, 15) is 4.79 Å². The van der Waals surface area contributed by atoms with Gasteiger partial charge in [0.25, 0.3) is 0 Å². The second-order valence-electron chi connectivity index (χ2n) is 5.62. The summed E-state index contributed by atoms with van der Waals surface area (Å²) in [7, 11) is 4.04. The number of fused-ring (bicyclic) bond motifs is 1. The molecule has 21 heavy (non-hydrogen) atoms. The SMILES string of the molecule is CN(C)c1ccc(C=C2C(=O)CCc3ccccc32)cc1. The van der Waals surface area contributed by atoms with Crippen molar-refractivity contribution in [3.8, 4) is 0 Å². The van der Waals surface area contributed by atoms with Crippen LogP contribution in [0.25, 0.3) is 11.6 Å². The van der Waals surface area contributed by atoms with E-state index in [0.29, 0.717) is 6.42 Å². The second-order valence-corrected chi connectivity index (χ2v) is 5.62. The van der Waals surface area contributed by atoms with Gasteiger partial charge in [-0.2, -0.15) is 0 Å². The van der Waals surface area contributed by atoms with Gasteiger partial charge in [0.1, 0.15) is 0 Å². The van der Waals surface area contributed by atoms with E-state index in [1.807, 2.05) is 38.4 Å². The van der Waals surface area contributed by atoms with Crippen molar-refractivity contribution >= 4 is 23.1 Å². The van der Waals surface area contributed by atoms with Crippen molar-refractivity contribution in [3.05, 3.63) is 65.2 Å². The normalized spacial score (nSPS) is 15.9. The maximum atomic E-state index is 12.3. The lowest BCUT2D eigenvalue weighted by molar-refractivity contribution is -0.113. The van der Waals surface area contributed by atoms with Gasteiger partial charge in [-0.1, -0.05) is 36.4 Å². The molecule has 0 saturated carbocycles. The van der Waals surface area contributed by atoms with Gasteiger partial charge >= 0.3 is 0 Å². The Morgan fingerprint density at radius 1 is 0.952 bits per heavy atom. The molecule has 3 rings (SSSR count). The molecule has 0 heterocycles. The van der Waals surface area contributed by atoms with Crippen LogP contribution in [-0.4, -0.2) is 19.9 Å². The van der Waals surface area contributed by atoms with Gasteiger partial charge in [-0.15, -0.1) is 0 Å². The van der Waals surface area contributed by atoms with Gasteiger partial charge in [-0.05, 0) is 41.3 Å². The van der Waals surface area contributed by atoms with Crippen LogP contribution in [0, 0.1) is 0 Å². The number of rotatable bonds is 2. The highest BCUT2D eigenvalue weighted by Crippen LogP contribution is 2.30. The standard InChI is InChI=1S/C19H19NO/c1-20(2)16-10-7-14(8-11-16)13-18-17-6-4-3-5-15(17)9-12-19(18)21/h3-8,10-11,13H,9,12H2,1-2H3. The summed E-state index contributed by atoms with van der Waals surface area (Å²) >= 11 is 0. The summed E-state index contributed by atoms with van der Waals surface area (Å²) in [6, 6.07) is 16.5. The zero-order valence-corrected chi connectivity index (χ0v) is 12.5. The molecule has 0 spiro atoms. The van der Waals surface area contributed by atoms with Crippen LogP contribution >= 0.6 is 0 Å². The van der Waals surface area contributed by atoms with Crippen molar-refractivity contribution in [2.75, 3.05) is 19.0 Å². The molecule has 0 saturated heterocycles. The highest BCUT2D eigenvalue weighted by Gasteiger charge is 2.20. The number of aryl methyl sites for hydroxylation is 1. The van der Waals surface area contributed by atoms with Gasteiger partial charge in [-0.3, -0.25) is 4.79 Å². The molecule has 1 aliphatic carbocycles. The van der Waals surface area contributed by atoms with Crippen LogP contribution < -0.4 is 4.90 Å². The lowest BCUT2D eigenvalue weighted by atomic mass is 9.85. The van der Waals surface area contributed by atoms with Gasteiger partial charge in [0.2, 0.25) is 0 Å². The maximum absolute atomic E-state index is 12.3. The number of carbonyl (C=O) groups excluding carboxylic acids is 1. The van der Waals surface area contributed by atoms with Gasteiger partial charge in [0.15, 0.2) is 5.78 Å². The third-order valence-electron chi connectivity index (χ3n) is 3.95. The van der Waals surface area contributed by atoms with E-state index in [0.717, 1.165) is 28.8 Å². The van der Waals surface area contributed by atoms with Crippen LogP contribution in [0.3, 0.4) is 0 Å². The highest BCUT2D eigenvalue weighted by atomic mass is 16.1. The predicted molar refractivity (Wildman–Crippen MR) is 88.4 cm³/mol. The lowest BCUT2D eigenvalue weighted by Crippen LogP contribution is -2.12. The minimum atomic E-state index is 0.241. The highest BCUT2D eigenvalue weighted by molar-refractivity contribution is 6.26. The van der Waals surface area contributed by atoms with Gasteiger partial charge in [-0.25, -0.2) is 0 Å². The van der Waals surface area contributed by atoms with Crippen molar-refractivity contribution in [1.29, 1.82) is 0 Å². The first kappa shape index (κ1) is 13.6. The zero-order valence-electron chi connectivity index (χ0n) is 12.5. The fourth-order valence-electron chi connectivity index (χ4n) is 2.73. The van der Waals surface area contributed by atoms with E-state index in [-0.39, 0.29) is 5.78 Å². The van der Waals surface area contributed by atoms with Crippen molar-refractivity contribution in [1.82, 2.24) is 0 Å². The maximum Gasteiger partial charge on any atom is 0.163 e. The van der Waals surface area contributed by atoms with E-state index >= 15 is 0 Å². The number of hydrogen-bond acceptors (Lipinski definition) is 2. The number of anilines is 1. The van der Waals surface area contributed by atoms with Crippen LogP contribution in [0.1, 0.15) is 23.1 Å². The molecule has 2 nitrogen and oxygen atoms in total. The van der Waals surface area contributed by atoms with E-state index in [1.54, 1.807) is 0 Å². The molecule has 0 bridgehead atoms. The Bertz CT molecular complexity index is 696. The summed E-state index contributed by atoms with van der Waals surface area (Å²) < 4.78 is 0. The molecular weight excluding hydrogens is 258 g/mol. The second kappa shape index (κ2) is 5.57. The summed E-state index contributed by atoms with van der Waals surface area (Å²) in [5, 5.41) is 0. The molecule has 2 aromatic carbocycles. The number of carbonyl (C=O) groups is 1. The van der Waals surface area contributed by atoms with Crippen molar-refractivity contribution in [3.63, 3.8) is 0 Å². The van der Waals surface area contributed by atoms with E-state index < -0.39 is 0 Å². The molecule has 0 radical (unpaired) electrons. The van der Waals surface area contributed by atoms with Crippen LogP contribution in [-0.2, 0) is 11.2 Å². The summed E-state index contributed by atoms with van der Waals surface area (Å²) in [6.45, 7) is 0.